The molecule has 1 saturated heterocycles. The van der Waals surface area contributed by atoms with Crippen molar-refractivity contribution in [3.63, 3.8) is 0 Å². The molecule has 2 aliphatic rings. The van der Waals surface area contributed by atoms with E-state index in [1.165, 1.54) is 6.33 Å². The summed E-state index contributed by atoms with van der Waals surface area (Å²) in [5.41, 5.74) is 7.11. The Bertz CT molecular complexity index is 1290. The Balaban J connectivity index is 1.31. The van der Waals surface area contributed by atoms with Crippen molar-refractivity contribution in [1.29, 1.82) is 0 Å². The average molecular weight is 474 g/mol. The molecule has 5 rings (SSSR count). The van der Waals surface area contributed by atoms with E-state index in [4.69, 9.17) is 19.3 Å². The molecule has 1 saturated carbocycles. The normalized spacial score (nSPS) is 30.2. The van der Waals surface area contributed by atoms with E-state index in [1.807, 2.05) is 0 Å². The van der Waals surface area contributed by atoms with Crippen molar-refractivity contribution in [2.45, 2.75) is 31.1 Å². The lowest BCUT2D eigenvalue weighted by atomic mass is 10.0. The first-order valence-electron chi connectivity index (χ1n) is 10.4. The van der Waals surface area contributed by atoms with Gasteiger partial charge in [0.25, 0.3) is 5.56 Å². The topological polar surface area (TPSA) is 167 Å². The van der Waals surface area contributed by atoms with Gasteiger partial charge in [-0.1, -0.05) is 6.58 Å². The molecule has 0 spiro atoms. The van der Waals surface area contributed by atoms with Crippen LogP contribution in [0.15, 0.2) is 47.8 Å². The first kappa shape index (κ1) is 21.9. The lowest BCUT2D eigenvalue weighted by Crippen LogP contribution is -2.22. The number of phosphoric acid groups is 1. The molecule has 3 aromatic heterocycles. The van der Waals surface area contributed by atoms with Gasteiger partial charge < -0.3 is 15.4 Å². The molecule has 2 fully saturated rings. The lowest BCUT2D eigenvalue weighted by Gasteiger charge is -2.30. The minimum atomic E-state index is -3.84. The van der Waals surface area contributed by atoms with Crippen molar-refractivity contribution >= 4 is 24.9 Å². The molecule has 0 unspecified atom stereocenters. The maximum Gasteiger partial charge on any atom is 0.475 e. The summed E-state index contributed by atoms with van der Waals surface area (Å²) in [4.78, 5) is 26.7. The summed E-state index contributed by atoms with van der Waals surface area (Å²) in [5.74, 6) is -0.571. The number of pyridine rings is 1. The van der Waals surface area contributed by atoms with Crippen LogP contribution in [0.25, 0.3) is 11.2 Å². The number of nitrogen functional groups attached to an aromatic ring is 1. The third-order valence-electron chi connectivity index (χ3n) is 6.00. The van der Waals surface area contributed by atoms with Crippen molar-refractivity contribution in [2.24, 2.45) is 5.92 Å². The van der Waals surface area contributed by atoms with Crippen molar-refractivity contribution in [3.8, 4) is 0 Å². The standard InChI is InChI=1S/C20H23N6O6P/c1-11-13(9-31-33(29)30-7-4-16(32-33)12-2-5-22-6-3-12)15(27)8-14(11)26-10-23-17-18(26)24-20(21)25-19(17)28/h2-3,5-6,10,13-16,27H,1,4,7-9H2,(H3,21,24,25,28)/t13-,14-,15-,16+,33-/m0/s1. The second kappa shape index (κ2) is 8.47. The first-order chi connectivity index (χ1) is 15.8. The maximum absolute atomic E-state index is 13.1. The van der Waals surface area contributed by atoms with Gasteiger partial charge in [0.1, 0.15) is 0 Å². The Hall–Kier alpha value is -2.89. The number of aliphatic hydroxyl groups excluding tert-OH is 1. The van der Waals surface area contributed by atoms with Crippen molar-refractivity contribution in [1.82, 2.24) is 24.5 Å². The summed E-state index contributed by atoms with van der Waals surface area (Å²) in [6.45, 7) is 4.21. The van der Waals surface area contributed by atoms with Crippen LogP contribution in [0.5, 0.6) is 0 Å². The summed E-state index contributed by atoms with van der Waals surface area (Å²) in [6.07, 6.45) is 4.28. The molecule has 5 atom stereocenters. The zero-order valence-corrected chi connectivity index (χ0v) is 18.4. The van der Waals surface area contributed by atoms with E-state index in [2.05, 4.69) is 26.5 Å². The molecule has 1 aliphatic carbocycles. The van der Waals surface area contributed by atoms with Gasteiger partial charge in [-0.15, -0.1) is 0 Å². The molecule has 13 heteroatoms. The molecular weight excluding hydrogens is 451 g/mol. The Labute approximate surface area is 188 Å². The van der Waals surface area contributed by atoms with Gasteiger partial charge >= 0.3 is 7.82 Å². The van der Waals surface area contributed by atoms with Crippen LogP contribution in [-0.2, 0) is 18.1 Å². The number of aromatic amines is 1. The zero-order chi connectivity index (χ0) is 23.2. The fourth-order valence-corrected chi connectivity index (χ4v) is 5.68. The molecule has 4 N–H and O–H groups in total. The van der Waals surface area contributed by atoms with E-state index in [9.17, 15) is 14.5 Å². The molecule has 1 aliphatic heterocycles. The van der Waals surface area contributed by atoms with Crippen molar-refractivity contribution in [2.75, 3.05) is 18.9 Å². The molecule has 33 heavy (non-hydrogen) atoms. The van der Waals surface area contributed by atoms with E-state index in [1.54, 1.807) is 29.1 Å². The summed E-state index contributed by atoms with van der Waals surface area (Å²) in [7, 11) is -3.84. The SMILES string of the molecule is C=C1[C@H](CO[P@]2(=O)OCC[C@H](c3ccncc3)O2)[C@@H](O)C[C@@H]1n1cnc2c(=O)[nH]c(N)nc21. The second-order valence-electron chi connectivity index (χ2n) is 8.01. The van der Waals surface area contributed by atoms with Crippen LogP contribution in [0.3, 0.4) is 0 Å². The Kier molecular flexibility index (Phi) is 5.63. The number of anilines is 1. The number of nitrogens with one attached hydrogen (secondary N) is 1. The van der Waals surface area contributed by atoms with E-state index >= 15 is 0 Å². The van der Waals surface area contributed by atoms with E-state index < -0.39 is 37.5 Å². The van der Waals surface area contributed by atoms with Crippen molar-refractivity contribution in [3.05, 3.63) is 58.9 Å². The van der Waals surface area contributed by atoms with E-state index in [-0.39, 0.29) is 24.7 Å². The number of hydrogen-bond acceptors (Lipinski definition) is 10. The van der Waals surface area contributed by atoms with Gasteiger partial charge in [-0.05, 0) is 29.7 Å². The molecular formula is C20H23N6O6P. The van der Waals surface area contributed by atoms with E-state index in [0.29, 0.717) is 24.1 Å². The fourth-order valence-electron chi connectivity index (χ4n) is 4.28. The van der Waals surface area contributed by atoms with Crippen LogP contribution in [0.4, 0.5) is 5.95 Å². The number of aromatic nitrogens is 5. The number of rotatable bonds is 5. The summed E-state index contributed by atoms with van der Waals surface area (Å²) in [6, 6.07) is 3.18. The maximum atomic E-state index is 13.1. The van der Waals surface area contributed by atoms with Crippen LogP contribution in [0.1, 0.15) is 30.6 Å². The second-order valence-corrected chi connectivity index (χ2v) is 9.64. The van der Waals surface area contributed by atoms with Crippen molar-refractivity contribution < 1.29 is 23.2 Å². The summed E-state index contributed by atoms with van der Waals surface area (Å²) < 4.78 is 31.3. The molecule has 0 amide bonds. The summed E-state index contributed by atoms with van der Waals surface area (Å²) in [5, 5.41) is 10.7. The van der Waals surface area contributed by atoms with Gasteiger partial charge in [0, 0.05) is 24.7 Å². The highest BCUT2D eigenvalue weighted by Crippen LogP contribution is 2.57. The predicted octanol–water partition coefficient (Wildman–Crippen LogP) is 1.88. The van der Waals surface area contributed by atoms with Gasteiger partial charge in [0.15, 0.2) is 11.2 Å². The molecule has 0 aromatic carbocycles. The quantitative estimate of drug-likeness (QED) is 0.367. The smallest absolute Gasteiger partial charge is 0.392 e. The highest BCUT2D eigenvalue weighted by atomic mass is 31.2. The molecule has 0 bridgehead atoms. The Morgan fingerprint density at radius 1 is 1.39 bits per heavy atom. The van der Waals surface area contributed by atoms with Crippen LogP contribution in [-0.4, -0.2) is 48.9 Å². The fraction of sp³-hybridized carbons (Fsp3) is 0.400. The van der Waals surface area contributed by atoms with Gasteiger partial charge in [-0.25, -0.2) is 9.55 Å². The van der Waals surface area contributed by atoms with Gasteiger partial charge in [0.2, 0.25) is 5.95 Å². The number of aliphatic hydroxyl groups is 1. The molecule has 12 nitrogen and oxygen atoms in total. The van der Waals surface area contributed by atoms with Crippen LogP contribution in [0, 0.1) is 5.92 Å². The number of phosphoric ester groups is 1. The minimum Gasteiger partial charge on any atom is -0.392 e. The third-order valence-corrected chi connectivity index (χ3v) is 7.47. The highest BCUT2D eigenvalue weighted by molar-refractivity contribution is 7.48. The zero-order valence-electron chi connectivity index (χ0n) is 17.5. The Morgan fingerprint density at radius 2 is 2.18 bits per heavy atom. The molecule has 0 radical (unpaired) electrons. The van der Waals surface area contributed by atoms with Crippen LogP contribution < -0.4 is 11.3 Å². The van der Waals surface area contributed by atoms with Gasteiger partial charge in [-0.3, -0.25) is 28.3 Å². The minimum absolute atomic E-state index is 0.0354. The molecule has 3 aromatic rings. The number of H-pyrrole nitrogens is 1. The monoisotopic (exact) mass is 474 g/mol. The number of imidazole rings is 1. The van der Waals surface area contributed by atoms with Crippen LogP contribution in [0.2, 0.25) is 0 Å². The lowest BCUT2D eigenvalue weighted by molar-refractivity contribution is 0.0165. The highest BCUT2D eigenvalue weighted by Gasteiger charge is 2.42. The van der Waals surface area contributed by atoms with Crippen LogP contribution >= 0.6 is 7.82 Å². The van der Waals surface area contributed by atoms with Gasteiger partial charge in [0.05, 0.1) is 37.8 Å². The summed E-state index contributed by atoms with van der Waals surface area (Å²) >= 11 is 0. The average Bonchev–Trinajstić information content (AvgIpc) is 3.33. The first-order valence-corrected chi connectivity index (χ1v) is 11.9. The van der Waals surface area contributed by atoms with E-state index in [0.717, 1.165) is 5.56 Å². The van der Waals surface area contributed by atoms with Gasteiger partial charge in [-0.2, -0.15) is 4.98 Å². The third kappa shape index (κ3) is 4.11. The number of fused-ring (bicyclic) bond motifs is 1. The molecule has 174 valence electrons. The Morgan fingerprint density at radius 3 is 2.97 bits per heavy atom. The molecule has 4 heterocycles. The largest absolute Gasteiger partial charge is 0.475 e. The predicted molar refractivity (Wildman–Crippen MR) is 117 cm³/mol. The number of nitrogens with two attached hydrogens (primary N) is 1. The number of hydrogen-bond donors (Lipinski definition) is 3. The number of nitrogens with zero attached hydrogens (tertiary/aromatic N) is 4.